The van der Waals surface area contributed by atoms with Crippen molar-refractivity contribution in [3.8, 4) is 0 Å². The molecule has 0 radical (unpaired) electrons. The van der Waals surface area contributed by atoms with Crippen molar-refractivity contribution in [1.82, 2.24) is 4.42 Å². The van der Waals surface area contributed by atoms with Gasteiger partial charge in [-0.05, 0) is 6.92 Å². The standard InChI is InChI=1S/C4H7Cl2NO/c1-3(5)4(8)7(2)6/h3H,1-2H3. The number of amides is 1. The van der Waals surface area contributed by atoms with E-state index in [1.54, 1.807) is 6.92 Å². The van der Waals surface area contributed by atoms with Crippen molar-refractivity contribution in [1.29, 1.82) is 0 Å². The Morgan fingerprint density at radius 1 is 1.75 bits per heavy atom. The van der Waals surface area contributed by atoms with Crippen molar-refractivity contribution >= 4 is 29.3 Å². The van der Waals surface area contributed by atoms with Crippen molar-refractivity contribution in [2.75, 3.05) is 7.05 Å². The first kappa shape index (κ1) is 8.05. The molecule has 1 unspecified atom stereocenters. The average molecular weight is 156 g/mol. The third kappa shape index (κ3) is 2.38. The van der Waals surface area contributed by atoms with E-state index in [0.717, 1.165) is 4.42 Å². The summed E-state index contributed by atoms with van der Waals surface area (Å²) in [4.78, 5) is 10.5. The Bertz CT molecular complexity index is 82.0. The molecule has 0 aromatic rings. The zero-order chi connectivity index (χ0) is 6.73. The van der Waals surface area contributed by atoms with Crippen LogP contribution in [0.1, 0.15) is 6.92 Å². The molecule has 48 valence electrons. The molecular weight excluding hydrogens is 149 g/mol. The van der Waals surface area contributed by atoms with Crippen molar-refractivity contribution in [2.24, 2.45) is 0 Å². The largest absolute Gasteiger partial charge is 0.272 e. The van der Waals surface area contributed by atoms with Crippen LogP contribution in [0.2, 0.25) is 0 Å². The van der Waals surface area contributed by atoms with Crippen LogP contribution in [0.25, 0.3) is 0 Å². The number of halogens is 2. The minimum absolute atomic E-state index is 0.284. The van der Waals surface area contributed by atoms with E-state index in [-0.39, 0.29) is 5.91 Å². The monoisotopic (exact) mass is 155 g/mol. The second-order valence-electron chi connectivity index (χ2n) is 1.43. The molecule has 8 heavy (non-hydrogen) atoms. The van der Waals surface area contributed by atoms with E-state index < -0.39 is 5.38 Å². The molecule has 0 rings (SSSR count). The molecule has 0 bridgehead atoms. The average Bonchev–Trinajstić information content (AvgIpc) is 1.64. The van der Waals surface area contributed by atoms with Crippen LogP contribution in [-0.4, -0.2) is 22.8 Å². The number of alkyl halides is 1. The summed E-state index contributed by atoms with van der Waals surface area (Å²) in [5.74, 6) is -0.284. The van der Waals surface area contributed by atoms with Crippen molar-refractivity contribution < 1.29 is 4.79 Å². The maximum Gasteiger partial charge on any atom is 0.254 e. The topological polar surface area (TPSA) is 20.3 Å². The van der Waals surface area contributed by atoms with Gasteiger partial charge in [0.05, 0.1) is 0 Å². The smallest absolute Gasteiger partial charge is 0.254 e. The molecule has 0 aromatic heterocycles. The maximum atomic E-state index is 10.5. The predicted molar refractivity (Wildman–Crippen MR) is 33.9 cm³/mol. The summed E-state index contributed by atoms with van der Waals surface area (Å²) in [6.45, 7) is 1.57. The number of hydrogen-bond donors (Lipinski definition) is 0. The lowest BCUT2D eigenvalue weighted by Gasteiger charge is -2.06. The number of carbonyl (C=O) groups excluding carboxylic acids is 1. The minimum atomic E-state index is -0.530. The lowest BCUT2D eigenvalue weighted by molar-refractivity contribution is -0.125. The summed E-state index contributed by atoms with van der Waals surface area (Å²) < 4.78 is 0.942. The fourth-order valence-electron chi connectivity index (χ4n) is 0.245. The van der Waals surface area contributed by atoms with Gasteiger partial charge in [0.2, 0.25) is 0 Å². The fourth-order valence-corrected chi connectivity index (χ4v) is 0.588. The molecule has 0 spiro atoms. The van der Waals surface area contributed by atoms with Gasteiger partial charge in [-0.2, -0.15) is 0 Å². The summed E-state index contributed by atoms with van der Waals surface area (Å²) >= 11 is 10.6. The molecular formula is C4H7Cl2NO. The maximum absolute atomic E-state index is 10.5. The SMILES string of the molecule is CC(Cl)C(=O)N(C)Cl. The molecule has 0 N–H and O–H groups in total. The van der Waals surface area contributed by atoms with Gasteiger partial charge >= 0.3 is 0 Å². The molecule has 4 heteroatoms. The Morgan fingerprint density at radius 3 is 2.12 bits per heavy atom. The molecule has 0 aliphatic heterocycles. The van der Waals surface area contributed by atoms with Gasteiger partial charge in [0.1, 0.15) is 5.38 Å². The highest BCUT2D eigenvalue weighted by Crippen LogP contribution is 2.00. The minimum Gasteiger partial charge on any atom is -0.272 e. The van der Waals surface area contributed by atoms with E-state index in [1.165, 1.54) is 7.05 Å². The zero-order valence-electron chi connectivity index (χ0n) is 4.69. The summed E-state index contributed by atoms with van der Waals surface area (Å²) in [6, 6.07) is 0. The van der Waals surface area contributed by atoms with Gasteiger partial charge in [0.15, 0.2) is 0 Å². The molecule has 0 saturated carbocycles. The molecule has 0 aliphatic rings. The Balaban J connectivity index is 3.65. The van der Waals surface area contributed by atoms with Crippen LogP contribution in [0.3, 0.4) is 0 Å². The second kappa shape index (κ2) is 3.15. The Hall–Kier alpha value is 0.0500. The van der Waals surface area contributed by atoms with Crippen LogP contribution in [0.4, 0.5) is 0 Å². The lowest BCUT2D eigenvalue weighted by atomic mass is 10.4. The third-order valence-electron chi connectivity index (χ3n) is 0.644. The number of carbonyl (C=O) groups is 1. The van der Waals surface area contributed by atoms with Crippen molar-refractivity contribution in [2.45, 2.75) is 12.3 Å². The Morgan fingerprint density at radius 2 is 2.12 bits per heavy atom. The summed E-state index contributed by atoms with van der Waals surface area (Å²) in [7, 11) is 1.45. The quantitative estimate of drug-likeness (QED) is 0.413. The van der Waals surface area contributed by atoms with Gasteiger partial charge < -0.3 is 0 Å². The van der Waals surface area contributed by atoms with Crippen molar-refractivity contribution in [3.05, 3.63) is 0 Å². The first-order valence-corrected chi connectivity index (χ1v) is 2.90. The summed E-state index contributed by atoms with van der Waals surface area (Å²) in [5, 5.41) is -0.530. The van der Waals surface area contributed by atoms with E-state index >= 15 is 0 Å². The number of hydrogen-bond acceptors (Lipinski definition) is 1. The number of rotatable bonds is 1. The van der Waals surface area contributed by atoms with Crippen LogP contribution in [0.15, 0.2) is 0 Å². The molecule has 1 atom stereocenters. The van der Waals surface area contributed by atoms with Gasteiger partial charge in [-0.1, -0.05) is 0 Å². The van der Waals surface area contributed by atoms with E-state index in [0.29, 0.717) is 0 Å². The molecule has 0 fully saturated rings. The van der Waals surface area contributed by atoms with E-state index in [2.05, 4.69) is 0 Å². The van der Waals surface area contributed by atoms with Crippen LogP contribution in [0.5, 0.6) is 0 Å². The van der Waals surface area contributed by atoms with Gasteiger partial charge in [-0.15, -0.1) is 11.6 Å². The fraction of sp³-hybridized carbons (Fsp3) is 0.750. The van der Waals surface area contributed by atoms with E-state index in [1.807, 2.05) is 0 Å². The van der Waals surface area contributed by atoms with Crippen LogP contribution in [0, 0.1) is 0 Å². The molecule has 0 saturated heterocycles. The molecule has 0 aliphatic carbocycles. The highest BCUT2D eigenvalue weighted by molar-refractivity contribution is 6.34. The molecule has 2 nitrogen and oxygen atoms in total. The molecule has 1 amide bonds. The van der Waals surface area contributed by atoms with Gasteiger partial charge in [0, 0.05) is 18.8 Å². The van der Waals surface area contributed by atoms with Crippen LogP contribution >= 0.6 is 23.4 Å². The Labute approximate surface area is 58.5 Å². The first-order valence-electron chi connectivity index (χ1n) is 2.13. The zero-order valence-corrected chi connectivity index (χ0v) is 6.20. The van der Waals surface area contributed by atoms with Crippen molar-refractivity contribution in [3.63, 3.8) is 0 Å². The van der Waals surface area contributed by atoms with Crippen LogP contribution < -0.4 is 0 Å². The third-order valence-corrected chi connectivity index (χ3v) is 0.997. The normalized spacial score (nSPS) is 13.0. The summed E-state index contributed by atoms with van der Waals surface area (Å²) in [6.07, 6.45) is 0. The Kier molecular flexibility index (Phi) is 3.17. The van der Waals surface area contributed by atoms with E-state index in [4.69, 9.17) is 23.4 Å². The predicted octanol–water partition coefficient (Wildman–Crippen LogP) is 1.23. The first-order chi connectivity index (χ1) is 3.55. The highest BCUT2D eigenvalue weighted by Gasteiger charge is 2.11. The summed E-state index contributed by atoms with van der Waals surface area (Å²) in [5.41, 5.74) is 0. The lowest BCUT2D eigenvalue weighted by Crippen LogP contribution is -2.23. The molecule has 0 heterocycles. The van der Waals surface area contributed by atoms with Gasteiger partial charge in [0.25, 0.3) is 5.91 Å². The van der Waals surface area contributed by atoms with Gasteiger partial charge in [-0.3, -0.25) is 9.21 Å². The number of nitrogens with zero attached hydrogens (tertiary/aromatic N) is 1. The van der Waals surface area contributed by atoms with Gasteiger partial charge in [-0.25, -0.2) is 0 Å². The van der Waals surface area contributed by atoms with E-state index in [9.17, 15) is 4.79 Å². The molecule has 0 aromatic carbocycles. The second-order valence-corrected chi connectivity index (χ2v) is 2.59. The van der Waals surface area contributed by atoms with Crippen LogP contribution in [-0.2, 0) is 4.79 Å². The highest BCUT2D eigenvalue weighted by atomic mass is 35.5.